The van der Waals surface area contributed by atoms with E-state index in [2.05, 4.69) is 33.5 Å². The summed E-state index contributed by atoms with van der Waals surface area (Å²) in [5.41, 5.74) is 2.85. The van der Waals surface area contributed by atoms with Gasteiger partial charge in [-0.15, -0.1) is 0 Å². The number of benzene rings is 2. The SMILES string of the molecule is CC.CCCc1c(Br)c(CC(=O)O)cc(OC)c1Oc1ccc(C=O)cc1NC.CCNC.OCC1=C(F)CC(F)C=C1. The van der Waals surface area contributed by atoms with Crippen molar-refractivity contribution in [2.24, 2.45) is 0 Å². The molecular formula is C32H45BrF2N2O6. The van der Waals surface area contributed by atoms with E-state index < -0.39 is 18.0 Å². The minimum atomic E-state index is -1.23. The van der Waals surface area contributed by atoms with Gasteiger partial charge in [0.25, 0.3) is 0 Å². The zero-order valence-corrected chi connectivity index (χ0v) is 27.6. The summed E-state index contributed by atoms with van der Waals surface area (Å²) in [6.07, 6.45) is 3.24. The zero-order chi connectivity index (χ0) is 32.9. The Kier molecular flexibility index (Phi) is 20.6. The molecule has 0 aliphatic heterocycles. The average Bonchev–Trinajstić information content (AvgIpc) is 3.01. The van der Waals surface area contributed by atoms with E-state index >= 15 is 0 Å². The van der Waals surface area contributed by atoms with Gasteiger partial charge < -0.3 is 30.3 Å². The second-order valence-electron chi connectivity index (χ2n) is 8.78. The Labute approximate surface area is 262 Å². The normalized spacial score (nSPS) is 13.3. The van der Waals surface area contributed by atoms with Crippen molar-refractivity contribution in [3.05, 3.63) is 69.0 Å². The first-order valence-corrected chi connectivity index (χ1v) is 14.9. The molecule has 11 heteroatoms. The van der Waals surface area contributed by atoms with Crippen LogP contribution in [-0.4, -0.2) is 63.0 Å². The van der Waals surface area contributed by atoms with Gasteiger partial charge in [-0.2, -0.15) is 0 Å². The van der Waals surface area contributed by atoms with Crippen LogP contribution in [0.3, 0.4) is 0 Å². The summed E-state index contributed by atoms with van der Waals surface area (Å²) in [4.78, 5) is 22.2. The lowest BCUT2D eigenvalue weighted by Crippen LogP contribution is -2.06. The topological polar surface area (TPSA) is 117 Å². The summed E-state index contributed by atoms with van der Waals surface area (Å²) >= 11 is 3.54. The van der Waals surface area contributed by atoms with E-state index in [-0.39, 0.29) is 25.0 Å². The highest BCUT2D eigenvalue weighted by Crippen LogP contribution is 2.43. The predicted molar refractivity (Wildman–Crippen MR) is 172 cm³/mol. The van der Waals surface area contributed by atoms with Gasteiger partial charge in [-0.05, 0) is 55.9 Å². The second kappa shape index (κ2) is 22.3. The van der Waals surface area contributed by atoms with Crippen LogP contribution in [0.25, 0.3) is 0 Å². The number of nitrogens with one attached hydrogen (secondary N) is 2. The van der Waals surface area contributed by atoms with E-state index in [0.29, 0.717) is 45.0 Å². The maximum Gasteiger partial charge on any atom is 0.307 e. The molecule has 240 valence electrons. The van der Waals surface area contributed by atoms with Gasteiger partial charge in [0, 0.05) is 34.6 Å². The zero-order valence-electron chi connectivity index (χ0n) is 26.0. The van der Waals surface area contributed by atoms with E-state index in [1.54, 1.807) is 31.3 Å². The second-order valence-corrected chi connectivity index (χ2v) is 9.57. The molecule has 0 spiro atoms. The minimum absolute atomic E-state index is 0.121. The van der Waals surface area contributed by atoms with Crippen LogP contribution in [0.2, 0.25) is 0 Å². The van der Waals surface area contributed by atoms with Crippen molar-refractivity contribution in [2.45, 2.75) is 59.5 Å². The third kappa shape index (κ3) is 13.3. The Morgan fingerprint density at radius 2 is 1.84 bits per heavy atom. The van der Waals surface area contributed by atoms with Gasteiger partial charge in [-0.3, -0.25) is 9.59 Å². The number of carbonyl (C=O) groups is 2. The highest BCUT2D eigenvalue weighted by molar-refractivity contribution is 9.10. The number of alkyl halides is 1. The van der Waals surface area contributed by atoms with Crippen molar-refractivity contribution in [2.75, 3.05) is 39.7 Å². The molecule has 0 saturated heterocycles. The molecule has 8 nitrogen and oxygen atoms in total. The van der Waals surface area contributed by atoms with Gasteiger partial charge >= 0.3 is 5.97 Å². The van der Waals surface area contributed by atoms with E-state index in [1.807, 2.05) is 27.8 Å². The van der Waals surface area contributed by atoms with Crippen LogP contribution in [0.4, 0.5) is 14.5 Å². The lowest BCUT2D eigenvalue weighted by Gasteiger charge is -2.20. The number of methoxy groups -OCH3 is 1. The van der Waals surface area contributed by atoms with Crippen molar-refractivity contribution in [3.8, 4) is 17.2 Å². The van der Waals surface area contributed by atoms with E-state index in [9.17, 15) is 18.4 Å². The number of hydrogen-bond donors (Lipinski definition) is 4. The van der Waals surface area contributed by atoms with E-state index in [0.717, 1.165) is 24.8 Å². The first kappa shape index (κ1) is 39.7. The van der Waals surface area contributed by atoms with Gasteiger partial charge in [0.2, 0.25) is 0 Å². The molecule has 1 atom stereocenters. The molecule has 2 aromatic carbocycles. The number of aliphatic carboxylic acids is 1. The largest absolute Gasteiger partial charge is 0.493 e. The number of halogens is 3. The number of anilines is 1. The van der Waals surface area contributed by atoms with Gasteiger partial charge in [-0.1, -0.05) is 56.1 Å². The summed E-state index contributed by atoms with van der Waals surface area (Å²) in [5.74, 6) is 0.0556. The fourth-order valence-electron chi connectivity index (χ4n) is 3.59. The molecule has 0 aromatic heterocycles. The quantitative estimate of drug-likeness (QED) is 0.182. The van der Waals surface area contributed by atoms with Gasteiger partial charge in [-0.25, -0.2) is 8.78 Å². The van der Waals surface area contributed by atoms with Crippen LogP contribution in [-0.2, 0) is 17.6 Å². The number of rotatable bonds is 11. The molecule has 1 aliphatic rings. The van der Waals surface area contributed by atoms with E-state index in [1.165, 1.54) is 19.3 Å². The Bertz CT molecular complexity index is 1220. The van der Waals surface area contributed by atoms with Crippen LogP contribution in [0.1, 0.15) is 62.0 Å². The summed E-state index contributed by atoms with van der Waals surface area (Å²) in [7, 11) is 5.19. The molecule has 0 heterocycles. The summed E-state index contributed by atoms with van der Waals surface area (Å²) in [5, 5.41) is 23.6. The van der Waals surface area contributed by atoms with Crippen molar-refractivity contribution in [1.29, 1.82) is 0 Å². The first-order chi connectivity index (χ1) is 20.6. The van der Waals surface area contributed by atoms with Crippen molar-refractivity contribution in [3.63, 3.8) is 0 Å². The Morgan fingerprint density at radius 3 is 2.30 bits per heavy atom. The first-order valence-electron chi connectivity index (χ1n) is 14.1. The number of ether oxygens (including phenoxy) is 2. The van der Waals surface area contributed by atoms with Crippen molar-refractivity contribution in [1.82, 2.24) is 5.32 Å². The van der Waals surface area contributed by atoms with E-state index in [4.69, 9.17) is 19.7 Å². The molecule has 2 aromatic rings. The van der Waals surface area contributed by atoms with Crippen molar-refractivity contribution < 1.29 is 38.1 Å². The number of allylic oxidation sites excluding steroid dienone is 2. The van der Waals surface area contributed by atoms with Crippen molar-refractivity contribution >= 4 is 33.9 Å². The van der Waals surface area contributed by atoms with Gasteiger partial charge in [0.05, 0.1) is 25.8 Å². The third-order valence-corrected chi connectivity index (χ3v) is 6.77. The molecule has 4 N–H and O–H groups in total. The molecule has 1 unspecified atom stereocenters. The van der Waals surface area contributed by atoms with Crippen LogP contribution in [0.15, 0.2) is 52.3 Å². The minimum Gasteiger partial charge on any atom is -0.493 e. The monoisotopic (exact) mass is 670 g/mol. The number of carbonyl (C=O) groups excluding carboxylic acids is 1. The molecule has 0 amide bonds. The smallest absolute Gasteiger partial charge is 0.307 e. The fraction of sp³-hybridized carbons (Fsp3) is 0.438. The number of aliphatic hydroxyl groups is 1. The Morgan fingerprint density at radius 1 is 1.19 bits per heavy atom. The molecule has 0 radical (unpaired) electrons. The van der Waals surface area contributed by atoms with Crippen LogP contribution >= 0.6 is 15.9 Å². The third-order valence-electron chi connectivity index (χ3n) is 5.79. The molecule has 43 heavy (non-hydrogen) atoms. The molecule has 0 bridgehead atoms. The number of aliphatic hydroxyl groups excluding tert-OH is 1. The fourth-order valence-corrected chi connectivity index (χ4v) is 4.23. The van der Waals surface area contributed by atoms with Crippen LogP contribution < -0.4 is 20.1 Å². The van der Waals surface area contributed by atoms with Crippen LogP contribution in [0, 0.1) is 0 Å². The van der Waals surface area contributed by atoms with Crippen LogP contribution in [0.5, 0.6) is 17.2 Å². The molecule has 3 rings (SSSR count). The highest BCUT2D eigenvalue weighted by Gasteiger charge is 2.21. The summed E-state index contributed by atoms with van der Waals surface area (Å²) < 4.78 is 37.2. The average molecular weight is 672 g/mol. The maximum absolute atomic E-state index is 12.5. The predicted octanol–water partition coefficient (Wildman–Crippen LogP) is 7.44. The molecule has 0 fully saturated rings. The van der Waals surface area contributed by atoms with Gasteiger partial charge in [0.1, 0.15) is 18.3 Å². The lowest BCUT2D eigenvalue weighted by molar-refractivity contribution is -0.136. The lowest BCUT2D eigenvalue weighted by atomic mass is 10.0. The summed E-state index contributed by atoms with van der Waals surface area (Å²) in [6.45, 7) is 8.82. The Hall–Kier alpha value is -3.28. The number of carboxylic acids is 1. The highest BCUT2D eigenvalue weighted by atomic mass is 79.9. The molecular weight excluding hydrogens is 626 g/mol. The number of aldehydes is 1. The number of hydrogen-bond acceptors (Lipinski definition) is 7. The van der Waals surface area contributed by atoms with Gasteiger partial charge in [0.15, 0.2) is 17.2 Å². The molecule has 1 aliphatic carbocycles. The number of carboxylic acid groups (broad SMARTS) is 1. The standard InChI is InChI=1S/C20H22BrNO5.C7H8F2O.C3H9N.C2H6/c1-4-5-14-19(21)13(10-18(24)25)9-17(26-3)20(14)27-16-7-6-12(11-23)8-15(16)22-2;8-6-2-1-5(4-10)7(9)3-6;1-3-4-2;1-2/h6-9,11,22H,4-5,10H2,1-3H3,(H,24,25);1-2,6,10H,3-4H2;4H,3H2,1-2H3;1-2H3. The maximum atomic E-state index is 12.5. The molecule has 0 saturated carbocycles. The summed E-state index contributed by atoms with van der Waals surface area (Å²) in [6, 6.07) is 6.75. The Balaban J connectivity index is 0.000000905.